The van der Waals surface area contributed by atoms with Crippen LogP contribution < -0.4 is 0 Å². The van der Waals surface area contributed by atoms with E-state index in [2.05, 4.69) is 129 Å². The summed E-state index contributed by atoms with van der Waals surface area (Å²) in [7, 11) is 0. The van der Waals surface area contributed by atoms with Gasteiger partial charge in [0.2, 0.25) is 0 Å². The van der Waals surface area contributed by atoms with Crippen molar-refractivity contribution in [3.63, 3.8) is 0 Å². The van der Waals surface area contributed by atoms with E-state index < -0.39 is 23.9 Å². The molecule has 0 heterocycles. The molecular formula is C40H60O8. The van der Waals surface area contributed by atoms with Crippen LogP contribution in [-0.4, -0.2) is 44.3 Å². The Kier molecular flexibility index (Phi) is 28.6. The number of aliphatic carboxylic acids is 4. The number of carboxylic acid groups (broad SMARTS) is 4. The highest BCUT2D eigenvalue weighted by Crippen LogP contribution is 2.21. The van der Waals surface area contributed by atoms with Crippen LogP contribution in [0.25, 0.3) is 0 Å². The van der Waals surface area contributed by atoms with Gasteiger partial charge in [0.15, 0.2) is 0 Å². The summed E-state index contributed by atoms with van der Waals surface area (Å²) in [6, 6.07) is 21.4. The Balaban J connectivity index is -0.000000251. The van der Waals surface area contributed by atoms with E-state index in [4.69, 9.17) is 20.4 Å². The van der Waals surface area contributed by atoms with Crippen molar-refractivity contribution in [2.24, 2.45) is 10.8 Å². The van der Waals surface area contributed by atoms with E-state index >= 15 is 0 Å². The zero-order chi connectivity index (χ0) is 38.7. The van der Waals surface area contributed by atoms with Crippen LogP contribution >= 0.6 is 0 Å². The van der Waals surface area contributed by atoms with Gasteiger partial charge in [-0.2, -0.15) is 0 Å². The Morgan fingerprint density at radius 1 is 0.458 bits per heavy atom. The lowest BCUT2D eigenvalue weighted by Gasteiger charge is -2.17. The molecule has 0 unspecified atom stereocenters. The maximum atomic E-state index is 9.60. The van der Waals surface area contributed by atoms with Crippen molar-refractivity contribution in [1.82, 2.24) is 0 Å². The van der Waals surface area contributed by atoms with Gasteiger partial charge in [-0.1, -0.05) is 129 Å². The Morgan fingerprint density at radius 3 is 0.750 bits per heavy atom. The summed E-state index contributed by atoms with van der Waals surface area (Å²) in [4.78, 5) is 38.4. The maximum Gasteiger partial charge on any atom is 0.330 e. The van der Waals surface area contributed by atoms with Crippen molar-refractivity contribution in [1.29, 1.82) is 0 Å². The molecule has 0 aliphatic heterocycles. The topological polar surface area (TPSA) is 149 Å². The zero-order valence-electron chi connectivity index (χ0n) is 30.9. The maximum absolute atomic E-state index is 9.60. The predicted molar refractivity (Wildman–Crippen MR) is 198 cm³/mol. The molecule has 2 aromatic rings. The van der Waals surface area contributed by atoms with Crippen molar-refractivity contribution in [2.75, 3.05) is 0 Å². The number of carboxylic acids is 4. The normalized spacial score (nSPS) is 9.54. The lowest BCUT2D eigenvalue weighted by molar-refractivity contribution is -0.133. The fraction of sp³-hybridized carbons (Fsp3) is 0.400. The van der Waals surface area contributed by atoms with Gasteiger partial charge in [-0.25, -0.2) is 19.2 Å². The number of benzene rings is 2. The Bertz CT molecular complexity index is 1080. The summed E-state index contributed by atoms with van der Waals surface area (Å²) in [6.07, 6.45) is 4.92. The van der Waals surface area contributed by atoms with Crippen LogP contribution in [0.3, 0.4) is 0 Å². The van der Waals surface area contributed by atoms with E-state index in [1.54, 1.807) is 0 Å². The van der Waals surface area contributed by atoms with E-state index in [1.165, 1.54) is 64.5 Å². The summed E-state index contributed by atoms with van der Waals surface area (Å²) in [5, 5.41) is 31.6. The van der Waals surface area contributed by atoms with Crippen LogP contribution in [0.1, 0.15) is 93.2 Å². The minimum absolute atomic E-state index is 0.176. The number of hydrogen-bond acceptors (Lipinski definition) is 4. The molecule has 2 aromatic carbocycles. The second-order valence-electron chi connectivity index (χ2n) is 13.4. The first-order valence-electron chi connectivity index (χ1n) is 15.4. The molecule has 0 saturated heterocycles. The van der Waals surface area contributed by atoms with Gasteiger partial charge < -0.3 is 20.4 Å². The minimum atomic E-state index is -0.935. The van der Waals surface area contributed by atoms with Crippen molar-refractivity contribution < 1.29 is 39.6 Å². The van der Waals surface area contributed by atoms with E-state index in [0.29, 0.717) is 10.8 Å². The second-order valence-corrected chi connectivity index (χ2v) is 13.4. The summed E-state index contributed by atoms with van der Waals surface area (Å²) < 4.78 is 0. The third kappa shape index (κ3) is 43.4. The smallest absolute Gasteiger partial charge is 0.330 e. The van der Waals surface area contributed by atoms with Gasteiger partial charge in [0, 0.05) is 22.3 Å². The summed E-state index contributed by atoms with van der Waals surface area (Å²) >= 11 is 0. The number of carbonyl (C=O) groups is 4. The SMILES string of the molecule is C=C(C)C(=O)O.C=C(C)C(=O)O.C=C(C)C(=O)O.C=C(C)C(=O)O.CC(C)(C)CCc1ccccc1.CC(C)(C)CCc1ccccc1. The van der Waals surface area contributed by atoms with Crippen LogP contribution in [0.5, 0.6) is 0 Å². The second kappa shape index (κ2) is 27.4. The molecule has 0 amide bonds. The molecular weight excluding hydrogens is 608 g/mol. The van der Waals surface area contributed by atoms with Crippen LogP contribution in [0.2, 0.25) is 0 Å². The quantitative estimate of drug-likeness (QED) is 0.203. The molecule has 0 spiro atoms. The average molecular weight is 669 g/mol. The molecule has 0 atom stereocenters. The third-order valence-corrected chi connectivity index (χ3v) is 5.47. The van der Waals surface area contributed by atoms with Crippen LogP contribution in [0.15, 0.2) is 109 Å². The van der Waals surface area contributed by atoms with E-state index in [-0.39, 0.29) is 22.3 Å². The molecule has 0 aliphatic carbocycles. The molecule has 48 heavy (non-hydrogen) atoms. The van der Waals surface area contributed by atoms with Gasteiger partial charge in [0.05, 0.1) is 0 Å². The highest BCUT2D eigenvalue weighted by atomic mass is 16.4. The first-order chi connectivity index (χ1) is 21.7. The molecule has 0 bridgehead atoms. The highest BCUT2D eigenvalue weighted by molar-refractivity contribution is 5.85. The molecule has 0 aliphatic rings. The predicted octanol–water partition coefficient (Wildman–Crippen LogP) is 9.92. The largest absolute Gasteiger partial charge is 0.478 e. The van der Waals surface area contributed by atoms with Crippen molar-refractivity contribution in [3.05, 3.63) is 120 Å². The van der Waals surface area contributed by atoms with Crippen molar-refractivity contribution in [2.45, 2.75) is 94.9 Å². The molecule has 268 valence electrons. The molecule has 8 nitrogen and oxygen atoms in total. The summed E-state index contributed by atoms with van der Waals surface area (Å²) in [5.41, 5.74) is 4.51. The molecule has 0 radical (unpaired) electrons. The minimum Gasteiger partial charge on any atom is -0.478 e. The third-order valence-electron chi connectivity index (χ3n) is 5.47. The van der Waals surface area contributed by atoms with Crippen LogP contribution in [-0.2, 0) is 32.0 Å². The van der Waals surface area contributed by atoms with Gasteiger partial charge >= 0.3 is 23.9 Å². The lowest BCUT2D eigenvalue weighted by Crippen LogP contribution is -2.06. The molecule has 4 N–H and O–H groups in total. The molecule has 0 fully saturated rings. The average Bonchev–Trinajstić information content (AvgIpc) is 2.97. The fourth-order valence-electron chi connectivity index (χ4n) is 2.33. The monoisotopic (exact) mass is 668 g/mol. The molecule has 8 heteroatoms. The van der Waals surface area contributed by atoms with Gasteiger partial charge in [-0.05, 0) is 75.3 Å². The van der Waals surface area contributed by atoms with Gasteiger partial charge in [0.25, 0.3) is 0 Å². The summed E-state index contributed by atoms with van der Waals surface area (Å²) in [5.74, 6) is -3.74. The van der Waals surface area contributed by atoms with Crippen LogP contribution in [0, 0.1) is 10.8 Å². The fourth-order valence-corrected chi connectivity index (χ4v) is 2.33. The van der Waals surface area contributed by atoms with Crippen molar-refractivity contribution in [3.8, 4) is 0 Å². The van der Waals surface area contributed by atoms with E-state index in [9.17, 15) is 19.2 Å². The van der Waals surface area contributed by atoms with Gasteiger partial charge in [-0.3, -0.25) is 0 Å². The lowest BCUT2D eigenvalue weighted by atomic mass is 9.89. The Hall–Kier alpha value is -4.72. The Labute approximate surface area is 289 Å². The van der Waals surface area contributed by atoms with Crippen LogP contribution in [0.4, 0.5) is 0 Å². The molecule has 0 aromatic heterocycles. The standard InChI is InChI=1S/2C12H18.4C4H6O2/c2*1-12(2,3)10-9-11-7-5-4-6-8-11;4*1-3(2)4(5)6/h2*4-8H,9-10H2,1-3H3;4*1H2,2H3,(H,5,6). The molecule has 0 saturated carbocycles. The highest BCUT2D eigenvalue weighted by Gasteiger charge is 2.10. The first-order valence-corrected chi connectivity index (χ1v) is 15.4. The van der Waals surface area contributed by atoms with Gasteiger partial charge in [0.1, 0.15) is 0 Å². The number of hydrogen-bond donors (Lipinski definition) is 4. The summed E-state index contributed by atoms with van der Waals surface area (Å²) in [6.45, 7) is 32.1. The zero-order valence-corrected chi connectivity index (χ0v) is 30.9. The Morgan fingerprint density at radius 2 is 0.625 bits per heavy atom. The number of aryl methyl sites for hydroxylation is 2. The number of rotatable bonds is 8. The van der Waals surface area contributed by atoms with Gasteiger partial charge in [-0.15, -0.1) is 0 Å². The van der Waals surface area contributed by atoms with E-state index in [0.717, 1.165) is 0 Å². The van der Waals surface area contributed by atoms with Crippen molar-refractivity contribution >= 4 is 23.9 Å². The van der Waals surface area contributed by atoms with E-state index in [1.807, 2.05) is 0 Å². The first kappa shape index (κ1) is 50.1. The molecule has 2 rings (SSSR count).